The number of methoxy groups -OCH3 is 1. The summed E-state index contributed by atoms with van der Waals surface area (Å²) in [5.74, 6) is -6.09. The molecule has 394 valence electrons. The number of anilines is 2. The van der Waals surface area contributed by atoms with Crippen molar-refractivity contribution in [1.82, 2.24) is 14.8 Å². The minimum atomic E-state index is -1.92. The number of allylic oxidation sites excluding steroid dienone is 2. The molecular formula is C54H70N6O13. The van der Waals surface area contributed by atoms with Gasteiger partial charge in [-0.05, 0) is 58.8 Å². The molecule has 19 heteroatoms. The Bertz CT molecular complexity index is 2920. The summed E-state index contributed by atoms with van der Waals surface area (Å²) in [6.45, 7) is 18.9. The SMILES string of the molecule is CO[C@H]1C=CO[C@@]2(C)Oc3c(C)c(=O)c4c(O)c(c5oc6cc(N7CCN(CC8CCN(C)CC8)CC7)cc(O)c6nc5c4c3C2N=O)NC(=O)C(C)=CC=C[C@H](C)[C@H](O)[C@@H](C)[C@@H](O)[C@@H](C)[C@H](OC(C)=O)[C@@H]1C. The van der Waals surface area contributed by atoms with Crippen LogP contribution in [0.2, 0.25) is 0 Å². The second kappa shape index (κ2) is 21.4. The van der Waals surface area contributed by atoms with E-state index in [0.29, 0.717) is 24.7 Å². The third kappa shape index (κ3) is 10.3. The summed E-state index contributed by atoms with van der Waals surface area (Å²) in [6, 6.07) is 1.82. The molecule has 0 spiro atoms. The third-order valence-electron chi connectivity index (χ3n) is 15.8. The van der Waals surface area contributed by atoms with Crippen LogP contribution in [0.4, 0.5) is 11.4 Å². The first-order chi connectivity index (χ1) is 34.7. The number of aliphatic hydroxyl groups is 2. The van der Waals surface area contributed by atoms with E-state index in [1.54, 1.807) is 52.0 Å². The molecule has 8 rings (SSSR count). The van der Waals surface area contributed by atoms with Gasteiger partial charge in [-0.25, -0.2) is 4.98 Å². The number of esters is 1. The number of rotatable bonds is 6. The molecule has 1 amide bonds. The van der Waals surface area contributed by atoms with E-state index in [1.807, 2.05) is 0 Å². The van der Waals surface area contributed by atoms with Crippen LogP contribution in [-0.4, -0.2) is 137 Å². The number of benzene rings is 3. The maximum Gasteiger partial charge on any atom is 0.302 e. The number of carbonyl (C=O) groups excluding carboxylic acids is 2. The lowest BCUT2D eigenvalue weighted by molar-refractivity contribution is -0.160. The molecule has 2 fully saturated rings. The number of piperazine rings is 1. The van der Waals surface area contributed by atoms with Gasteiger partial charge in [0.2, 0.25) is 0 Å². The number of nitrogens with one attached hydrogen (secondary N) is 1. The molecular weight excluding hydrogens is 941 g/mol. The summed E-state index contributed by atoms with van der Waals surface area (Å²) < 4.78 is 30.9. The number of likely N-dealkylation sites (tertiary alicyclic amines) is 1. The quantitative estimate of drug-likeness (QED) is 0.0439. The first kappa shape index (κ1) is 53.2. The topological polar surface area (TPSA) is 246 Å². The van der Waals surface area contributed by atoms with Gasteiger partial charge in [0, 0.05) is 117 Å². The number of amides is 1. The fraction of sp³-hybridized carbons (Fsp3) is 0.556. The molecule has 10 atom stereocenters. The number of phenolic OH excluding ortho intramolecular Hbond substituents is 2. The van der Waals surface area contributed by atoms with Gasteiger partial charge in [0.1, 0.15) is 34.3 Å². The van der Waals surface area contributed by atoms with Crippen molar-refractivity contribution in [3.05, 3.63) is 74.5 Å². The van der Waals surface area contributed by atoms with E-state index in [2.05, 4.69) is 32.2 Å². The summed E-state index contributed by atoms with van der Waals surface area (Å²) >= 11 is 0. The van der Waals surface area contributed by atoms with Crippen LogP contribution < -0.4 is 20.4 Å². The van der Waals surface area contributed by atoms with E-state index in [4.69, 9.17) is 28.3 Å². The average molecular weight is 1010 g/mol. The van der Waals surface area contributed by atoms with Crippen molar-refractivity contribution in [3.63, 3.8) is 0 Å². The molecule has 4 aliphatic heterocycles. The zero-order valence-corrected chi connectivity index (χ0v) is 43.4. The molecule has 2 saturated heterocycles. The van der Waals surface area contributed by atoms with Gasteiger partial charge in [-0.1, -0.05) is 51.1 Å². The number of aromatic hydroxyl groups is 2. The maximum absolute atomic E-state index is 14.6. The Balaban J connectivity index is 1.27. The Morgan fingerprint density at radius 3 is 2.30 bits per heavy atom. The second-order valence-electron chi connectivity index (χ2n) is 20.9. The Kier molecular flexibility index (Phi) is 15.6. The van der Waals surface area contributed by atoms with Crippen LogP contribution in [0.15, 0.2) is 62.7 Å². The van der Waals surface area contributed by atoms with E-state index < -0.39 is 83.0 Å². The van der Waals surface area contributed by atoms with Crippen LogP contribution in [0, 0.1) is 41.4 Å². The van der Waals surface area contributed by atoms with Gasteiger partial charge in [0.25, 0.3) is 11.7 Å². The number of hydrogen-bond donors (Lipinski definition) is 5. The summed E-state index contributed by atoms with van der Waals surface area (Å²) in [5, 5.41) is 53.1. The van der Waals surface area contributed by atoms with Crippen LogP contribution in [0.25, 0.3) is 33.0 Å². The molecule has 5 N–H and O–H groups in total. The number of aliphatic hydroxyl groups excluding tert-OH is 2. The standard InChI is InChI=1S/C54H70N6O13/c1-27-12-11-13-28(2)53(67)56-44-48(66)40-39(43-51(44)72-38-25-35(24-36(62)42(38)55-43)60-21-19-59(20-22-60)26-34-14-17-58(9)18-15-34)41-50(32(6)47(40)65)73-54(8,52(41)57-68)70-23-16-37(69-10)29(3)49(71-33(7)61)31(5)46(64)30(4)45(27)63/h11-13,16,23-25,27,29-31,34,37,45-46,49,52,62-64,66H,14-15,17-22,26H2,1-10H3,(H,56,67)/t27-,29+,30+,31+,37-,45-,46+,49+,52?,54-/m0/s1. The molecule has 0 aliphatic carbocycles. The van der Waals surface area contributed by atoms with Crippen molar-refractivity contribution in [2.24, 2.45) is 34.8 Å². The Morgan fingerprint density at radius 1 is 0.945 bits per heavy atom. The number of aromatic nitrogens is 1. The lowest BCUT2D eigenvalue weighted by Crippen LogP contribution is -2.48. The number of nitrogens with zero attached hydrogens (tertiary/aromatic N) is 5. The second-order valence-corrected chi connectivity index (χ2v) is 20.9. The highest BCUT2D eigenvalue weighted by Crippen LogP contribution is 2.54. The number of ether oxygens (including phenoxy) is 4. The Morgan fingerprint density at radius 2 is 1.64 bits per heavy atom. The van der Waals surface area contributed by atoms with E-state index in [0.717, 1.165) is 32.7 Å². The molecule has 4 aliphatic rings. The van der Waals surface area contributed by atoms with Crippen molar-refractivity contribution in [1.29, 1.82) is 0 Å². The molecule has 3 aromatic carbocycles. The van der Waals surface area contributed by atoms with Crippen LogP contribution in [0.3, 0.4) is 0 Å². The lowest BCUT2D eigenvalue weighted by atomic mass is 9.78. The molecule has 0 radical (unpaired) electrons. The number of piperidine rings is 1. The molecule has 73 heavy (non-hydrogen) atoms. The fourth-order valence-corrected chi connectivity index (χ4v) is 11.2. The van der Waals surface area contributed by atoms with Gasteiger partial charge >= 0.3 is 5.97 Å². The molecule has 5 heterocycles. The van der Waals surface area contributed by atoms with Crippen LogP contribution in [0.1, 0.15) is 78.5 Å². The summed E-state index contributed by atoms with van der Waals surface area (Å²) in [6.07, 6.45) is 5.93. The van der Waals surface area contributed by atoms with E-state index in [9.17, 15) is 39.7 Å². The summed E-state index contributed by atoms with van der Waals surface area (Å²) in [7, 11) is 3.61. The van der Waals surface area contributed by atoms with Crippen LogP contribution in [-0.2, 0) is 23.8 Å². The predicted molar refractivity (Wildman–Crippen MR) is 277 cm³/mol. The van der Waals surface area contributed by atoms with E-state index >= 15 is 0 Å². The largest absolute Gasteiger partial charge is 0.505 e. The Labute approximate surface area is 424 Å². The smallest absolute Gasteiger partial charge is 0.302 e. The van der Waals surface area contributed by atoms with E-state index in [1.165, 1.54) is 66.1 Å². The summed E-state index contributed by atoms with van der Waals surface area (Å²) in [5.41, 5.74) is -0.296. The molecule has 1 aromatic heterocycles. The van der Waals surface area contributed by atoms with Crippen molar-refractivity contribution in [3.8, 4) is 17.2 Å². The van der Waals surface area contributed by atoms with Crippen molar-refractivity contribution in [2.45, 2.75) is 104 Å². The fourth-order valence-electron chi connectivity index (χ4n) is 11.2. The summed E-state index contributed by atoms with van der Waals surface area (Å²) in [4.78, 5) is 66.4. The van der Waals surface area contributed by atoms with Crippen molar-refractivity contribution >= 4 is 56.2 Å². The number of fused-ring (bicyclic) bond motifs is 2. The molecule has 19 nitrogen and oxygen atoms in total. The molecule has 4 aromatic rings. The van der Waals surface area contributed by atoms with Crippen LogP contribution in [0.5, 0.6) is 17.2 Å². The highest BCUT2D eigenvalue weighted by Gasteiger charge is 2.52. The zero-order valence-electron chi connectivity index (χ0n) is 43.4. The first-order valence-electron chi connectivity index (χ1n) is 25.2. The van der Waals surface area contributed by atoms with Gasteiger partial charge in [0.15, 0.2) is 28.4 Å². The molecule has 1 unspecified atom stereocenters. The Hall–Kier alpha value is -6.12. The van der Waals surface area contributed by atoms with Gasteiger partial charge in [0.05, 0.1) is 30.0 Å². The van der Waals surface area contributed by atoms with Gasteiger partial charge in [-0.3, -0.25) is 19.3 Å². The zero-order chi connectivity index (χ0) is 52.8. The monoisotopic (exact) mass is 1010 g/mol. The van der Waals surface area contributed by atoms with Gasteiger partial charge in [-0.15, -0.1) is 4.91 Å². The third-order valence-corrected chi connectivity index (χ3v) is 15.8. The number of hydrogen-bond acceptors (Lipinski definition) is 18. The normalized spacial score (nSPS) is 29.4. The number of nitroso groups, excluding NO2 is 1. The highest BCUT2D eigenvalue weighted by atomic mass is 16.7. The van der Waals surface area contributed by atoms with Gasteiger partial charge in [-0.2, -0.15) is 0 Å². The van der Waals surface area contributed by atoms with E-state index in [-0.39, 0.29) is 66.9 Å². The minimum Gasteiger partial charge on any atom is -0.505 e. The maximum atomic E-state index is 14.6. The lowest BCUT2D eigenvalue weighted by Gasteiger charge is -2.39. The molecule has 4 bridgehead atoms. The van der Waals surface area contributed by atoms with Crippen molar-refractivity contribution < 1.29 is 53.4 Å². The van der Waals surface area contributed by atoms with Crippen molar-refractivity contribution in [2.75, 3.05) is 70.2 Å². The number of phenols is 2. The number of carbonyl (C=O) groups is 2. The highest BCUT2D eigenvalue weighted by molar-refractivity contribution is 6.20. The van der Waals surface area contributed by atoms with Crippen LogP contribution >= 0.6 is 0 Å². The first-order valence-corrected chi connectivity index (χ1v) is 25.2. The minimum absolute atomic E-state index is 0.00605. The van der Waals surface area contributed by atoms with Gasteiger partial charge < -0.3 is 58.9 Å². The molecule has 0 saturated carbocycles. The average Bonchev–Trinajstić information content (AvgIpc) is 3.67. The predicted octanol–water partition coefficient (Wildman–Crippen LogP) is 6.79.